The van der Waals surface area contributed by atoms with Gasteiger partial charge in [-0.25, -0.2) is 0 Å². The quantitative estimate of drug-likeness (QED) is 0.748. The van der Waals surface area contributed by atoms with Crippen molar-refractivity contribution in [1.29, 1.82) is 0 Å². The first-order chi connectivity index (χ1) is 9.24. The van der Waals surface area contributed by atoms with Gasteiger partial charge in [-0.05, 0) is 65.3 Å². The van der Waals surface area contributed by atoms with Gasteiger partial charge in [0.15, 0.2) is 0 Å². The van der Waals surface area contributed by atoms with Crippen LogP contribution in [0.2, 0.25) is 0 Å². The fourth-order valence-electron chi connectivity index (χ4n) is 2.79. The molecule has 1 fully saturated rings. The zero-order chi connectivity index (χ0) is 13.5. The molecule has 0 unspecified atom stereocenters. The van der Waals surface area contributed by atoms with E-state index in [2.05, 4.69) is 44.6 Å². The van der Waals surface area contributed by atoms with Gasteiger partial charge in [0.1, 0.15) is 0 Å². The Morgan fingerprint density at radius 2 is 2.16 bits per heavy atom. The minimum Gasteiger partial charge on any atom is -0.315 e. The Kier molecular flexibility index (Phi) is 6.85. The molecule has 1 aliphatic carbocycles. The molecule has 1 saturated carbocycles. The highest BCUT2D eigenvalue weighted by Gasteiger charge is 2.12. The normalized spacial score (nSPS) is 17.2. The second-order valence-corrected chi connectivity index (χ2v) is 8.00. The fraction of sp³-hybridized carbons (Fsp3) is 0.733. The highest BCUT2D eigenvalue weighted by Crippen LogP contribution is 2.23. The van der Waals surface area contributed by atoms with Gasteiger partial charge in [0, 0.05) is 19.6 Å². The molecule has 0 aliphatic heterocycles. The number of halogens is 1. The van der Waals surface area contributed by atoms with Gasteiger partial charge in [0.05, 0.1) is 3.79 Å². The van der Waals surface area contributed by atoms with Crippen LogP contribution in [0.1, 0.15) is 37.7 Å². The second kappa shape index (κ2) is 8.40. The van der Waals surface area contributed by atoms with Crippen LogP contribution in [0.4, 0.5) is 0 Å². The molecule has 1 N–H and O–H groups in total. The van der Waals surface area contributed by atoms with Crippen LogP contribution in [-0.2, 0) is 6.54 Å². The molecule has 0 bridgehead atoms. The summed E-state index contributed by atoms with van der Waals surface area (Å²) in [6.07, 6.45) is 7.21. The first kappa shape index (κ1) is 15.5. The van der Waals surface area contributed by atoms with Gasteiger partial charge in [-0.15, -0.1) is 11.3 Å². The number of hydrogen-bond acceptors (Lipinski definition) is 3. The van der Waals surface area contributed by atoms with Gasteiger partial charge in [-0.3, -0.25) is 0 Å². The predicted octanol–water partition coefficient (Wildman–Crippen LogP) is 4.11. The summed E-state index contributed by atoms with van der Waals surface area (Å²) in [7, 11) is 2.20. The van der Waals surface area contributed by atoms with Gasteiger partial charge in [-0.1, -0.05) is 19.3 Å². The van der Waals surface area contributed by atoms with Crippen molar-refractivity contribution >= 4 is 27.3 Å². The van der Waals surface area contributed by atoms with Crippen molar-refractivity contribution in [3.8, 4) is 0 Å². The van der Waals surface area contributed by atoms with Crippen LogP contribution in [0.3, 0.4) is 0 Å². The molecule has 1 heterocycles. The molecule has 108 valence electrons. The molecule has 2 nitrogen and oxygen atoms in total. The maximum Gasteiger partial charge on any atom is 0.0701 e. The number of rotatable bonds is 7. The zero-order valence-electron chi connectivity index (χ0n) is 11.8. The Bertz CT molecular complexity index is 361. The molecule has 0 aromatic carbocycles. The van der Waals surface area contributed by atoms with E-state index >= 15 is 0 Å². The van der Waals surface area contributed by atoms with Gasteiger partial charge in [0.2, 0.25) is 0 Å². The van der Waals surface area contributed by atoms with Crippen molar-refractivity contribution in [3.63, 3.8) is 0 Å². The molecule has 2 rings (SSSR count). The van der Waals surface area contributed by atoms with E-state index in [0.29, 0.717) is 0 Å². The smallest absolute Gasteiger partial charge is 0.0701 e. The molecule has 0 amide bonds. The Morgan fingerprint density at radius 1 is 1.37 bits per heavy atom. The summed E-state index contributed by atoms with van der Waals surface area (Å²) < 4.78 is 1.23. The molecule has 1 aromatic heterocycles. The van der Waals surface area contributed by atoms with E-state index in [1.165, 1.54) is 48.0 Å². The van der Waals surface area contributed by atoms with E-state index in [9.17, 15) is 0 Å². The fourth-order valence-corrected chi connectivity index (χ4v) is 3.99. The molecular formula is C15H25BrN2S. The highest BCUT2D eigenvalue weighted by atomic mass is 79.9. The zero-order valence-corrected chi connectivity index (χ0v) is 14.2. The molecule has 0 radical (unpaired) electrons. The molecular weight excluding hydrogens is 320 g/mol. The van der Waals surface area contributed by atoms with Gasteiger partial charge < -0.3 is 10.2 Å². The van der Waals surface area contributed by atoms with Gasteiger partial charge in [0.25, 0.3) is 0 Å². The summed E-state index contributed by atoms with van der Waals surface area (Å²) in [4.78, 5) is 2.39. The van der Waals surface area contributed by atoms with E-state index in [-0.39, 0.29) is 0 Å². The standard InChI is InChI=1S/C15H25BrN2S/c1-18(11-14-9-15(16)19-12-14)8-7-17-10-13-5-3-2-4-6-13/h9,12-13,17H,2-8,10-11H2,1H3. The third-order valence-electron chi connectivity index (χ3n) is 3.90. The lowest BCUT2D eigenvalue weighted by Crippen LogP contribution is -2.32. The van der Waals surface area contributed by atoms with E-state index in [4.69, 9.17) is 0 Å². The van der Waals surface area contributed by atoms with Crippen molar-refractivity contribution in [2.24, 2.45) is 5.92 Å². The first-order valence-electron chi connectivity index (χ1n) is 7.36. The van der Waals surface area contributed by atoms with Crippen LogP contribution >= 0.6 is 27.3 Å². The number of thiophene rings is 1. The molecule has 0 spiro atoms. The van der Waals surface area contributed by atoms with Crippen molar-refractivity contribution in [2.45, 2.75) is 38.6 Å². The van der Waals surface area contributed by atoms with Crippen LogP contribution in [-0.4, -0.2) is 31.6 Å². The first-order valence-corrected chi connectivity index (χ1v) is 9.03. The number of likely N-dealkylation sites (N-methyl/N-ethyl adjacent to an activating group) is 1. The Labute approximate surface area is 129 Å². The summed E-state index contributed by atoms with van der Waals surface area (Å²) >= 11 is 5.29. The number of hydrogen-bond donors (Lipinski definition) is 1. The lowest BCUT2D eigenvalue weighted by Gasteiger charge is -2.22. The van der Waals surface area contributed by atoms with E-state index < -0.39 is 0 Å². The van der Waals surface area contributed by atoms with Crippen LogP contribution in [0.25, 0.3) is 0 Å². The summed E-state index contributed by atoms with van der Waals surface area (Å²) in [6.45, 7) is 4.50. The van der Waals surface area contributed by atoms with Crippen LogP contribution < -0.4 is 5.32 Å². The largest absolute Gasteiger partial charge is 0.315 e. The Balaban J connectivity index is 1.54. The number of nitrogens with one attached hydrogen (secondary N) is 1. The van der Waals surface area contributed by atoms with Crippen LogP contribution in [0.5, 0.6) is 0 Å². The summed E-state index contributed by atoms with van der Waals surface area (Å²) in [5.41, 5.74) is 1.41. The highest BCUT2D eigenvalue weighted by molar-refractivity contribution is 9.11. The minimum atomic E-state index is 0.937. The van der Waals surface area contributed by atoms with E-state index in [1.54, 1.807) is 11.3 Å². The summed E-state index contributed by atoms with van der Waals surface area (Å²) in [6, 6.07) is 2.22. The lowest BCUT2D eigenvalue weighted by atomic mass is 9.89. The summed E-state index contributed by atoms with van der Waals surface area (Å²) in [5, 5.41) is 5.86. The molecule has 0 saturated heterocycles. The van der Waals surface area contributed by atoms with E-state index in [0.717, 1.165) is 25.6 Å². The van der Waals surface area contributed by atoms with Crippen LogP contribution in [0.15, 0.2) is 15.2 Å². The van der Waals surface area contributed by atoms with Crippen molar-refractivity contribution in [1.82, 2.24) is 10.2 Å². The third-order valence-corrected chi connectivity index (χ3v) is 5.46. The average molecular weight is 345 g/mol. The topological polar surface area (TPSA) is 15.3 Å². The SMILES string of the molecule is CN(CCNCC1CCCCC1)Cc1csc(Br)c1. The molecule has 1 aromatic rings. The van der Waals surface area contributed by atoms with Crippen molar-refractivity contribution < 1.29 is 0 Å². The predicted molar refractivity (Wildman–Crippen MR) is 87.8 cm³/mol. The third kappa shape index (κ3) is 5.94. The Morgan fingerprint density at radius 3 is 2.84 bits per heavy atom. The summed E-state index contributed by atoms with van der Waals surface area (Å²) in [5.74, 6) is 0.937. The number of nitrogens with zero attached hydrogens (tertiary/aromatic N) is 1. The maximum absolute atomic E-state index is 3.63. The van der Waals surface area contributed by atoms with Crippen molar-refractivity contribution in [2.75, 3.05) is 26.7 Å². The molecule has 0 atom stereocenters. The van der Waals surface area contributed by atoms with Gasteiger partial charge in [-0.2, -0.15) is 0 Å². The van der Waals surface area contributed by atoms with Crippen molar-refractivity contribution in [3.05, 3.63) is 20.8 Å². The monoisotopic (exact) mass is 344 g/mol. The second-order valence-electron chi connectivity index (χ2n) is 5.71. The maximum atomic E-state index is 3.63. The van der Waals surface area contributed by atoms with E-state index in [1.807, 2.05) is 0 Å². The van der Waals surface area contributed by atoms with Gasteiger partial charge >= 0.3 is 0 Å². The Hall–Kier alpha value is 0.100. The molecule has 19 heavy (non-hydrogen) atoms. The lowest BCUT2D eigenvalue weighted by molar-refractivity contribution is 0.304. The minimum absolute atomic E-state index is 0.937. The molecule has 1 aliphatic rings. The average Bonchev–Trinajstić information content (AvgIpc) is 2.81. The van der Waals surface area contributed by atoms with Crippen LogP contribution in [0, 0.1) is 5.92 Å². The molecule has 4 heteroatoms.